The van der Waals surface area contributed by atoms with Gasteiger partial charge < -0.3 is 19.8 Å². The normalized spacial score (nSPS) is 10.1. The standard InChI is InChI=1S/C17H18N2O5/c1-18-15(20)14-9-12(10-19-16(14)21)17(22)24-7-6-11-4-3-5-13(8-11)23-2/h3-5,8-10H,6-7H2,1-2H3,(H,18,20)(H,19,21). The summed E-state index contributed by atoms with van der Waals surface area (Å²) in [5.41, 5.74) is 0.371. The molecule has 1 aromatic heterocycles. The second-order valence-electron chi connectivity index (χ2n) is 4.95. The van der Waals surface area contributed by atoms with Crippen LogP contribution in [-0.4, -0.2) is 37.6 Å². The molecule has 1 amide bonds. The van der Waals surface area contributed by atoms with Gasteiger partial charge in [0.2, 0.25) is 0 Å². The van der Waals surface area contributed by atoms with Crippen LogP contribution in [0.3, 0.4) is 0 Å². The number of carbonyl (C=O) groups is 2. The number of hydrogen-bond acceptors (Lipinski definition) is 5. The summed E-state index contributed by atoms with van der Waals surface area (Å²) in [7, 11) is 2.99. The second kappa shape index (κ2) is 7.96. The predicted octanol–water partition coefficient (Wildman–Crippen LogP) is 1.14. The van der Waals surface area contributed by atoms with Gasteiger partial charge in [-0.3, -0.25) is 9.59 Å². The van der Waals surface area contributed by atoms with E-state index in [2.05, 4.69) is 10.3 Å². The number of carbonyl (C=O) groups excluding carboxylic acids is 2. The van der Waals surface area contributed by atoms with Gasteiger partial charge in [0.1, 0.15) is 11.3 Å². The van der Waals surface area contributed by atoms with Crippen LogP contribution in [0, 0.1) is 0 Å². The second-order valence-corrected chi connectivity index (χ2v) is 4.95. The quantitative estimate of drug-likeness (QED) is 0.774. The van der Waals surface area contributed by atoms with Crippen LogP contribution in [0.1, 0.15) is 26.3 Å². The van der Waals surface area contributed by atoms with Gasteiger partial charge in [-0.2, -0.15) is 0 Å². The fourth-order valence-electron chi connectivity index (χ4n) is 2.08. The van der Waals surface area contributed by atoms with Crippen LogP contribution in [0.15, 0.2) is 41.3 Å². The lowest BCUT2D eigenvalue weighted by Crippen LogP contribution is -2.27. The Morgan fingerprint density at radius 1 is 1.25 bits per heavy atom. The van der Waals surface area contributed by atoms with Crippen LogP contribution in [-0.2, 0) is 11.2 Å². The third-order valence-electron chi connectivity index (χ3n) is 3.37. The molecule has 0 aliphatic carbocycles. The van der Waals surface area contributed by atoms with E-state index in [4.69, 9.17) is 9.47 Å². The molecule has 0 aliphatic rings. The molecule has 24 heavy (non-hydrogen) atoms. The first kappa shape index (κ1) is 17.3. The lowest BCUT2D eigenvalue weighted by molar-refractivity contribution is 0.0508. The molecule has 7 nitrogen and oxygen atoms in total. The lowest BCUT2D eigenvalue weighted by Gasteiger charge is -2.07. The van der Waals surface area contributed by atoms with Gasteiger partial charge in [0.15, 0.2) is 0 Å². The summed E-state index contributed by atoms with van der Waals surface area (Å²) in [5.74, 6) is -0.448. The summed E-state index contributed by atoms with van der Waals surface area (Å²) in [6, 6.07) is 8.66. The summed E-state index contributed by atoms with van der Waals surface area (Å²) in [6.07, 6.45) is 1.75. The number of ether oxygens (including phenoxy) is 2. The van der Waals surface area contributed by atoms with Crippen molar-refractivity contribution in [3.05, 3.63) is 63.6 Å². The molecular weight excluding hydrogens is 312 g/mol. The maximum Gasteiger partial charge on any atom is 0.339 e. The van der Waals surface area contributed by atoms with Gasteiger partial charge in [-0.25, -0.2) is 4.79 Å². The molecule has 0 atom stereocenters. The monoisotopic (exact) mass is 330 g/mol. The SMILES string of the molecule is CNC(=O)c1cc(C(=O)OCCc2cccc(OC)c2)c[nH]c1=O. The molecule has 0 saturated carbocycles. The first-order valence-corrected chi connectivity index (χ1v) is 7.30. The maximum absolute atomic E-state index is 12.0. The number of pyridine rings is 1. The third-order valence-corrected chi connectivity index (χ3v) is 3.37. The van der Waals surface area contributed by atoms with Gasteiger partial charge in [0.25, 0.3) is 11.5 Å². The van der Waals surface area contributed by atoms with Gasteiger partial charge in [-0.05, 0) is 23.8 Å². The largest absolute Gasteiger partial charge is 0.497 e. The summed E-state index contributed by atoms with van der Waals surface area (Å²) >= 11 is 0. The van der Waals surface area contributed by atoms with E-state index in [-0.39, 0.29) is 17.7 Å². The molecular formula is C17H18N2O5. The third kappa shape index (κ3) is 4.22. The van der Waals surface area contributed by atoms with Crippen LogP contribution in [0.4, 0.5) is 0 Å². The van der Waals surface area contributed by atoms with Gasteiger partial charge in [-0.15, -0.1) is 0 Å². The molecule has 0 aliphatic heterocycles. The molecule has 2 aromatic rings. The number of H-pyrrole nitrogens is 1. The number of aromatic amines is 1. The molecule has 0 fully saturated rings. The van der Waals surface area contributed by atoms with Crippen molar-refractivity contribution in [2.75, 3.05) is 20.8 Å². The van der Waals surface area contributed by atoms with Crippen molar-refractivity contribution < 1.29 is 19.1 Å². The summed E-state index contributed by atoms with van der Waals surface area (Å²) < 4.78 is 10.3. The van der Waals surface area contributed by atoms with Crippen molar-refractivity contribution in [1.82, 2.24) is 10.3 Å². The number of aromatic nitrogens is 1. The minimum Gasteiger partial charge on any atom is -0.497 e. The van der Waals surface area contributed by atoms with Crippen molar-refractivity contribution in [2.45, 2.75) is 6.42 Å². The number of rotatable bonds is 6. The van der Waals surface area contributed by atoms with Crippen LogP contribution < -0.4 is 15.6 Å². The molecule has 0 radical (unpaired) electrons. The summed E-state index contributed by atoms with van der Waals surface area (Å²) in [6.45, 7) is 0.167. The van der Waals surface area contributed by atoms with E-state index in [1.807, 2.05) is 24.3 Å². The maximum atomic E-state index is 12.0. The van der Waals surface area contributed by atoms with E-state index in [0.717, 1.165) is 11.3 Å². The highest BCUT2D eigenvalue weighted by Gasteiger charge is 2.14. The Hall–Kier alpha value is -3.09. The Bertz CT molecular complexity index is 798. The van der Waals surface area contributed by atoms with E-state index in [0.29, 0.717) is 6.42 Å². The average Bonchev–Trinajstić information content (AvgIpc) is 2.61. The van der Waals surface area contributed by atoms with E-state index in [1.165, 1.54) is 19.3 Å². The number of hydrogen-bond donors (Lipinski definition) is 2. The zero-order chi connectivity index (χ0) is 17.5. The van der Waals surface area contributed by atoms with Crippen molar-refractivity contribution in [3.8, 4) is 5.75 Å². The molecule has 2 N–H and O–H groups in total. The van der Waals surface area contributed by atoms with E-state index in [9.17, 15) is 14.4 Å². The van der Waals surface area contributed by atoms with E-state index < -0.39 is 17.4 Å². The minimum atomic E-state index is -0.612. The van der Waals surface area contributed by atoms with Gasteiger partial charge >= 0.3 is 5.97 Å². The van der Waals surface area contributed by atoms with Crippen molar-refractivity contribution in [2.24, 2.45) is 0 Å². The number of methoxy groups -OCH3 is 1. The van der Waals surface area contributed by atoms with Crippen molar-refractivity contribution in [3.63, 3.8) is 0 Å². The number of benzene rings is 1. The number of amides is 1. The van der Waals surface area contributed by atoms with Crippen molar-refractivity contribution >= 4 is 11.9 Å². The molecule has 2 rings (SSSR count). The van der Waals surface area contributed by atoms with Crippen LogP contribution >= 0.6 is 0 Å². The van der Waals surface area contributed by atoms with Crippen LogP contribution in [0.5, 0.6) is 5.75 Å². The topological polar surface area (TPSA) is 97.5 Å². The first-order valence-electron chi connectivity index (χ1n) is 7.30. The molecule has 126 valence electrons. The smallest absolute Gasteiger partial charge is 0.339 e. The average molecular weight is 330 g/mol. The van der Waals surface area contributed by atoms with Crippen molar-refractivity contribution in [1.29, 1.82) is 0 Å². The van der Waals surface area contributed by atoms with Crippen LogP contribution in [0.25, 0.3) is 0 Å². The number of nitrogens with one attached hydrogen (secondary N) is 2. The zero-order valence-electron chi connectivity index (χ0n) is 13.4. The summed E-state index contributed by atoms with van der Waals surface area (Å²) in [4.78, 5) is 37.5. The molecule has 1 heterocycles. The fraction of sp³-hybridized carbons (Fsp3) is 0.235. The fourth-order valence-corrected chi connectivity index (χ4v) is 2.08. The Morgan fingerprint density at radius 3 is 2.75 bits per heavy atom. The Kier molecular flexibility index (Phi) is 5.73. The molecule has 1 aromatic carbocycles. The first-order chi connectivity index (χ1) is 11.5. The van der Waals surface area contributed by atoms with Gasteiger partial charge in [0, 0.05) is 19.7 Å². The predicted molar refractivity (Wildman–Crippen MR) is 87.4 cm³/mol. The summed E-state index contributed by atoms with van der Waals surface area (Å²) in [5, 5.41) is 2.34. The molecule has 0 saturated heterocycles. The van der Waals surface area contributed by atoms with Crippen LogP contribution in [0.2, 0.25) is 0 Å². The highest BCUT2D eigenvalue weighted by atomic mass is 16.5. The van der Waals surface area contributed by atoms with E-state index in [1.54, 1.807) is 7.11 Å². The zero-order valence-corrected chi connectivity index (χ0v) is 13.4. The Labute approximate surface area is 138 Å². The van der Waals surface area contributed by atoms with Gasteiger partial charge in [0.05, 0.1) is 19.3 Å². The lowest BCUT2D eigenvalue weighted by atomic mass is 10.1. The highest BCUT2D eigenvalue weighted by molar-refractivity contribution is 5.97. The Balaban J connectivity index is 2.00. The number of esters is 1. The Morgan fingerprint density at radius 2 is 2.04 bits per heavy atom. The van der Waals surface area contributed by atoms with Gasteiger partial charge in [-0.1, -0.05) is 12.1 Å². The van der Waals surface area contributed by atoms with E-state index >= 15 is 0 Å². The molecule has 0 bridgehead atoms. The molecule has 0 spiro atoms. The minimum absolute atomic E-state index is 0.110. The highest BCUT2D eigenvalue weighted by Crippen LogP contribution is 2.13. The molecule has 7 heteroatoms. The molecule has 0 unspecified atom stereocenters.